The number of carbonyl (C=O) groups excluding carboxylic acids is 1. The average Bonchev–Trinajstić information content (AvgIpc) is 2.56. The largest absolute Gasteiger partial charge is 0.507 e. The van der Waals surface area contributed by atoms with Crippen molar-refractivity contribution in [2.45, 2.75) is 90.9 Å². The molecule has 0 unspecified atom stereocenters. The second-order valence-corrected chi connectivity index (χ2v) is 6.87. The number of phenolic OH excluding ortho intramolecular Hbond substituents is 3. The van der Waals surface area contributed by atoms with Crippen LogP contribution in [0.5, 0.6) is 17.2 Å². The Hall–Kier alpha value is -1.71. The van der Waals surface area contributed by atoms with E-state index in [-0.39, 0.29) is 28.6 Å². The van der Waals surface area contributed by atoms with Gasteiger partial charge in [-0.3, -0.25) is 4.79 Å². The van der Waals surface area contributed by atoms with Crippen LogP contribution in [0.2, 0.25) is 0 Å². The number of rotatable bonds is 13. The van der Waals surface area contributed by atoms with Gasteiger partial charge in [-0.15, -0.1) is 0 Å². The zero-order valence-corrected chi connectivity index (χ0v) is 15.8. The summed E-state index contributed by atoms with van der Waals surface area (Å²) in [5, 5.41) is 30.3. The van der Waals surface area contributed by atoms with Crippen LogP contribution in [0.15, 0.2) is 6.07 Å². The zero-order chi connectivity index (χ0) is 18.7. The smallest absolute Gasteiger partial charge is 0.170 e. The van der Waals surface area contributed by atoms with Crippen LogP contribution in [0, 0.1) is 0 Å². The molecule has 142 valence electrons. The minimum atomic E-state index is -0.331. The van der Waals surface area contributed by atoms with Crippen molar-refractivity contribution in [3.8, 4) is 17.2 Å². The van der Waals surface area contributed by atoms with Crippen LogP contribution < -0.4 is 0 Å². The third kappa shape index (κ3) is 6.97. The Morgan fingerprint density at radius 1 is 0.800 bits per heavy atom. The fourth-order valence-electron chi connectivity index (χ4n) is 3.12. The fourth-order valence-corrected chi connectivity index (χ4v) is 3.12. The zero-order valence-electron chi connectivity index (χ0n) is 15.8. The fraction of sp³-hybridized carbons (Fsp3) is 0.667. The van der Waals surface area contributed by atoms with E-state index in [1.54, 1.807) is 0 Å². The maximum atomic E-state index is 12.4. The van der Waals surface area contributed by atoms with E-state index >= 15 is 0 Å². The lowest BCUT2D eigenvalue weighted by molar-refractivity contribution is 0.0973. The number of aromatic hydroxyl groups is 3. The predicted molar refractivity (Wildman–Crippen MR) is 102 cm³/mol. The Bertz CT molecular complexity index is 537. The van der Waals surface area contributed by atoms with Crippen LogP contribution in [0.3, 0.4) is 0 Å². The number of benzene rings is 1. The molecule has 0 bridgehead atoms. The molecule has 1 aromatic carbocycles. The summed E-state index contributed by atoms with van der Waals surface area (Å²) < 4.78 is 0. The summed E-state index contributed by atoms with van der Waals surface area (Å²) in [6.07, 6.45) is 11.4. The third-order valence-electron chi connectivity index (χ3n) is 4.68. The third-order valence-corrected chi connectivity index (χ3v) is 4.68. The van der Waals surface area contributed by atoms with Crippen molar-refractivity contribution in [2.75, 3.05) is 0 Å². The van der Waals surface area contributed by atoms with Gasteiger partial charge in [0.2, 0.25) is 0 Å². The van der Waals surface area contributed by atoms with E-state index < -0.39 is 0 Å². The molecule has 0 amide bonds. The summed E-state index contributed by atoms with van der Waals surface area (Å²) in [4.78, 5) is 12.4. The molecule has 0 spiro atoms. The normalized spacial score (nSPS) is 11.0. The van der Waals surface area contributed by atoms with Crippen LogP contribution in [0.1, 0.15) is 100 Å². The van der Waals surface area contributed by atoms with Crippen molar-refractivity contribution in [1.29, 1.82) is 0 Å². The first-order valence-corrected chi connectivity index (χ1v) is 9.82. The van der Waals surface area contributed by atoms with E-state index in [2.05, 4.69) is 13.8 Å². The average molecular weight is 350 g/mol. The highest BCUT2D eigenvalue weighted by Crippen LogP contribution is 2.39. The molecule has 0 atom stereocenters. The van der Waals surface area contributed by atoms with Crippen molar-refractivity contribution in [1.82, 2.24) is 0 Å². The number of hydrogen-bond donors (Lipinski definition) is 3. The molecule has 0 aliphatic rings. The van der Waals surface area contributed by atoms with Crippen molar-refractivity contribution < 1.29 is 20.1 Å². The SMILES string of the molecule is CCCCCCCCCC(=O)c1c(O)cc(O)c(CCCCC)c1O. The van der Waals surface area contributed by atoms with Gasteiger partial charge in [0, 0.05) is 18.1 Å². The Labute approximate surface area is 151 Å². The van der Waals surface area contributed by atoms with Crippen LogP contribution >= 0.6 is 0 Å². The topological polar surface area (TPSA) is 77.8 Å². The molecule has 0 fully saturated rings. The molecule has 3 N–H and O–H groups in total. The Balaban J connectivity index is 2.63. The summed E-state index contributed by atoms with van der Waals surface area (Å²) in [6.45, 7) is 4.26. The Morgan fingerprint density at radius 2 is 1.36 bits per heavy atom. The first-order valence-electron chi connectivity index (χ1n) is 9.82. The Morgan fingerprint density at radius 3 is 2.00 bits per heavy atom. The van der Waals surface area contributed by atoms with Gasteiger partial charge in [0.1, 0.15) is 22.8 Å². The molecule has 4 nitrogen and oxygen atoms in total. The van der Waals surface area contributed by atoms with Gasteiger partial charge >= 0.3 is 0 Å². The Kier molecular flexibility index (Phi) is 10.0. The number of phenols is 3. The molecule has 25 heavy (non-hydrogen) atoms. The van der Waals surface area contributed by atoms with Gasteiger partial charge in [0.15, 0.2) is 5.78 Å². The van der Waals surface area contributed by atoms with Crippen molar-refractivity contribution >= 4 is 5.78 Å². The van der Waals surface area contributed by atoms with Crippen LogP contribution in [-0.4, -0.2) is 21.1 Å². The number of hydrogen-bond acceptors (Lipinski definition) is 4. The van der Waals surface area contributed by atoms with Gasteiger partial charge in [0.25, 0.3) is 0 Å². The number of carbonyl (C=O) groups is 1. The van der Waals surface area contributed by atoms with Crippen molar-refractivity contribution in [3.63, 3.8) is 0 Å². The maximum absolute atomic E-state index is 12.4. The second-order valence-electron chi connectivity index (χ2n) is 6.87. The van der Waals surface area contributed by atoms with E-state index in [1.165, 1.54) is 31.7 Å². The van der Waals surface area contributed by atoms with Gasteiger partial charge in [0.05, 0.1) is 0 Å². The van der Waals surface area contributed by atoms with Crippen molar-refractivity contribution in [3.05, 3.63) is 17.2 Å². The van der Waals surface area contributed by atoms with Crippen LogP contribution in [0.4, 0.5) is 0 Å². The van der Waals surface area contributed by atoms with E-state index in [0.29, 0.717) is 18.4 Å². The molecule has 0 aromatic heterocycles. The number of ketones is 1. The van der Waals surface area contributed by atoms with Crippen LogP contribution in [0.25, 0.3) is 0 Å². The first kappa shape index (κ1) is 21.3. The highest BCUT2D eigenvalue weighted by molar-refractivity contribution is 6.01. The number of Topliss-reactive ketones (excluding diaryl/α,β-unsaturated/α-hetero) is 1. The van der Waals surface area contributed by atoms with Crippen LogP contribution in [-0.2, 0) is 6.42 Å². The van der Waals surface area contributed by atoms with E-state index in [4.69, 9.17) is 0 Å². The first-order chi connectivity index (χ1) is 12.0. The van der Waals surface area contributed by atoms with Gasteiger partial charge in [-0.1, -0.05) is 65.2 Å². The number of unbranched alkanes of at least 4 members (excludes halogenated alkanes) is 8. The van der Waals surface area contributed by atoms with Gasteiger partial charge < -0.3 is 15.3 Å². The molecule has 0 heterocycles. The summed E-state index contributed by atoms with van der Waals surface area (Å²) in [5.74, 6) is -0.970. The quantitative estimate of drug-likeness (QED) is 0.307. The summed E-state index contributed by atoms with van der Waals surface area (Å²) in [5.41, 5.74) is 0.337. The summed E-state index contributed by atoms with van der Waals surface area (Å²) in [7, 11) is 0. The molecule has 0 saturated heterocycles. The van der Waals surface area contributed by atoms with Crippen molar-refractivity contribution in [2.24, 2.45) is 0 Å². The van der Waals surface area contributed by atoms with E-state index in [9.17, 15) is 20.1 Å². The van der Waals surface area contributed by atoms with Gasteiger partial charge in [-0.25, -0.2) is 0 Å². The second kappa shape index (κ2) is 11.8. The predicted octanol–water partition coefficient (Wildman–Crippen LogP) is 5.86. The van der Waals surface area contributed by atoms with E-state index in [0.717, 1.165) is 38.5 Å². The molecule has 1 rings (SSSR count). The molecule has 0 radical (unpaired) electrons. The highest BCUT2D eigenvalue weighted by atomic mass is 16.3. The molecule has 4 heteroatoms. The van der Waals surface area contributed by atoms with Gasteiger partial charge in [-0.05, 0) is 19.3 Å². The molecular formula is C21H34O4. The molecule has 0 aliphatic carbocycles. The maximum Gasteiger partial charge on any atom is 0.170 e. The van der Waals surface area contributed by atoms with Gasteiger partial charge in [-0.2, -0.15) is 0 Å². The monoisotopic (exact) mass is 350 g/mol. The molecule has 0 saturated carbocycles. The standard InChI is InChI=1S/C21H34O4/c1-3-5-7-8-9-10-12-14-17(22)20-19(24)15-18(23)16(21(20)25)13-11-6-4-2/h15,23-25H,3-14H2,1-2H3. The molecule has 1 aromatic rings. The molecular weight excluding hydrogens is 316 g/mol. The minimum Gasteiger partial charge on any atom is -0.507 e. The lowest BCUT2D eigenvalue weighted by Gasteiger charge is -2.13. The summed E-state index contributed by atoms with van der Waals surface area (Å²) in [6, 6.07) is 1.18. The molecule has 0 aliphatic heterocycles. The highest BCUT2D eigenvalue weighted by Gasteiger charge is 2.22. The summed E-state index contributed by atoms with van der Waals surface area (Å²) >= 11 is 0. The lowest BCUT2D eigenvalue weighted by Crippen LogP contribution is -2.03. The van der Waals surface area contributed by atoms with E-state index in [1.807, 2.05) is 0 Å². The minimum absolute atomic E-state index is 0.0321. The lowest BCUT2D eigenvalue weighted by atomic mass is 9.96.